The number of rotatable bonds is 2. The van der Waals surface area contributed by atoms with E-state index < -0.39 is 0 Å². The van der Waals surface area contributed by atoms with Crippen LogP contribution in [0.4, 0.5) is 10.2 Å². The Morgan fingerprint density at radius 1 is 1.20 bits per heavy atom. The van der Waals surface area contributed by atoms with Crippen molar-refractivity contribution >= 4 is 28.4 Å². The molecule has 2 aromatic heterocycles. The van der Waals surface area contributed by atoms with Gasteiger partial charge in [0.15, 0.2) is 5.82 Å². The van der Waals surface area contributed by atoms with Gasteiger partial charge in [-0.2, -0.15) is 0 Å². The van der Waals surface area contributed by atoms with Crippen LogP contribution in [0.5, 0.6) is 0 Å². The van der Waals surface area contributed by atoms with E-state index in [1.165, 1.54) is 25.1 Å². The zero-order valence-electron chi connectivity index (χ0n) is 10.8. The molecule has 20 heavy (non-hydrogen) atoms. The van der Waals surface area contributed by atoms with Crippen molar-refractivity contribution in [1.29, 1.82) is 0 Å². The van der Waals surface area contributed by atoms with E-state index in [-0.39, 0.29) is 5.82 Å². The third-order valence-electron chi connectivity index (χ3n) is 3.60. The lowest BCUT2D eigenvalue weighted by molar-refractivity contribution is 0.621. The largest absolute Gasteiger partial charge is 0.383 e. The predicted molar refractivity (Wildman–Crippen MR) is 83.6 cm³/mol. The number of aromatic nitrogens is 3. The highest BCUT2D eigenvalue weighted by Gasteiger charge is 2.23. The summed E-state index contributed by atoms with van der Waals surface area (Å²) in [7, 11) is 0. The van der Waals surface area contributed by atoms with Crippen molar-refractivity contribution < 1.29 is 4.39 Å². The van der Waals surface area contributed by atoms with E-state index in [4.69, 9.17) is 5.73 Å². The second-order valence-corrected chi connectivity index (χ2v) is 6.05. The molecule has 1 aliphatic carbocycles. The fourth-order valence-electron chi connectivity index (χ4n) is 2.57. The first-order chi connectivity index (χ1) is 9.65. The molecule has 2 N–H and O–H groups in total. The van der Waals surface area contributed by atoms with Crippen molar-refractivity contribution in [3.05, 3.63) is 33.4 Å². The first kappa shape index (κ1) is 13.7. The fourth-order valence-corrected chi connectivity index (χ4v) is 3.26. The van der Waals surface area contributed by atoms with Gasteiger partial charge < -0.3 is 5.73 Å². The fraction of sp³-hybridized carbons (Fsp3) is 0.357. The molecule has 1 fully saturated rings. The lowest BCUT2D eigenvalue weighted by Gasteiger charge is -2.13. The van der Waals surface area contributed by atoms with E-state index in [0.717, 1.165) is 22.1 Å². The summed E-state index contributed by atoms with van der Waals surface area (Å²) in [5, 5.41) is 0. The van der Waals surface area contributed by atoms with Crippen LogP contribution in [0.2, 0.25) is 0 Å². The van der Waals surface area contributed by atoms with Gasteiger partial charge in [0, 0.05) is 5.92 Å². The molecule has 0 unspecified atom stereocenters. The number of hydrogen-bond donors (Lipinski definition) is 1. The molecular formula is C14H14FIN4. The van der Waals surface area contributed by atoms with Gasteiger partial charge >= 0.3 is 0 Å². The quantitative estimate of drug-likeness (QED) is 0.805. The number of anilines is 1. The summed E-state index contributed by atoms with van der Waals surface area (Å²) in [5.74, 6) is 1.03. The minimum absolute atomic E-state index is 0.372. The topological polar surface area (TPSA) is 64.7 Å². The van der Waals surface area contributed by atoms with Gasteiger partial charge in [0.1, 0.15) is 17.3 Å². The van der Waals surface area contributed by atoms with Crippen LogP contribution >= 0.6 is 22.6 Å². The van der Waals surface area contributed by atoms with Crippen molar-refractivity contribution in [2.75, 3.05) is 5.73 Å². The Labute approximate surface area is 130 Å². The molecular weight excluding hydrogens is 370 g/mol. The second kappa shape index (κ2) is 5.59. The van der Waals surface area contributed by atoms with Crippen molar-refractivity contribution in [1.82, 2.24) is 15.0 Å². The second-order valence-electron chi connectivity index (χ2n) is 4.97. The third-order valence-corrected chi connectivity index (χ3v) is 4.71. The number of halogens is 2. The Bertz CT molecular complexity index is 624. The number of nitrogens with zero attached hydrogens (tertiary/aromatic N) is 3. The lowest BCUT2D eigenvalue weighted by atomic mass is 10.0. The molecule has 2 heterocycles. The monoisotopic (exact) mass is 384 g/mol. The van der Waals surface area contributed by atoms with Gasteiger partial charge in [-0.05, 0) is 47.6 Å². The van der Waals surface area contributed by atoms with Gasteiger partial charge in [-0.15, -0.1) is 0 Å². The molecule has 6 heteroatoms. The van der Waals surface area contributed by atoms with Crippen molar-refractivity contribution in [3.8, 4) is 11.5 Å². The number of nitrogen functional groups attached to an aromatic ring is 1. The maximum absolute atomic E-state index is 12.9. The minimum atomic E-state index is -0.372. The molecule has 4 nitrogen and oxygen atoms in total. The Hall–Kier alpha value is -1.31. The van der Waals surface area contributed by atoms with Crippen molar-refractivity contribution in [3.63, 3.8) is 0 Å². The van der Waals surface area contributed by atoms with E-state index in [0.29, 0.717) is 23.3 Å². The van der Waals surface area contributed by atoms with E-state index in [9.17, 15) is 4.39 Å². The van der Waals surface area contributed by atoms with Gasteiger partial charge in [-0.25, -0.2) is 19.3 Å². The zero-order valence-corrected chi connectivity index (χ0v) is 13.0. The number of hydrogen-bond acceptors (Lipinski definition) is 4. The molecule has 1 aliphatic rings. The molecule has 0 aromatic carbocycles. The first-order valence-corrected chi connectivity index (χ1v) is 7.68. The molecule has 0 atom stereocenters. The predicted octanol–water partition coefficient (Wildman–Crippen LogP) is 3.52. The molecule has 3 rings (SSSR count). The first-order valence-electron chi connectivity index (χ1n) is 6.60. The van der Waals surface area contributed by atoms with Gasteiger partial charge in [-0.3, -0.25) is 0 Å². The summed E-state index contributed by atoms with van der Waals surface area (Å²) in [4.78, 5) is 12.9. The molecule has 104 valence electrons. The van der Waals surface area contributed by atoms with Crippen LogP contribution in [-0.2, 0) is 0 Å². The van der Waals surface area contributed by atoms with Crippen LogP contribution in [0.3, 0.4) is 0 Å². The van der Waals surface area contributed by atoms with Crippen LogP contribution < -0.4 is 5.73 Å². The van der Waals surface area contributed by atoms with E-state index >= 15 is 0 Å². The van der Waals surface area contributed by atoms with E-state index in [1.54, 1.807) is 6.07 Å². The molecule has 0 radical (unpaired) electrons. The SMILES string of the molecule is Nc1nc(-c2ccc(F)cn2)nc(C2CCCC2)c1I. The van der Waals surface area contributed by atoms with Crippen LogP contribution in [0.1, 0.15) is 37.3 Å². The maximum Gasteiger partial charge on any atom is 0.180 e. The summed E-state index contributed by atoms with van der Waals surface area (Å²) < 4.78 is 13.9. The lowest BCUT2D eigenvalue weighted by Crippen LogP contribution is -2.08. The molecule has 0 bridgehead atoms. The Balaban J connectivity index is 2.05. The Morgan fingerprint density at radius 2 is 1.95 bits per heavy atom. The zero-order chi connectivity index (χ0) is 14.1. The average molecular weight is 384 g/mol. The summed E-state index contributed by atoms with van der Waals surface area (Å²) in [5.41, 5.74) is 7.56. The maximum atomic E-state index is 12.9. The average Bonchev–Trinajstić information content (AvgIpc) is 2.96. The summed E-state index contributed by atoms with van der Waals surface area (Å²) >= 11 is 2.21. The highest BCUT2D eigenvalue weighted by Crippen LogP contribution is 2.37. The van der Waals surface area contributed by atoms with Crippen LogP contribution in [0.25, 0.3) is 11.5 Å². The molecule has 2 aromatic rings. The standard InChI is InChI=1S/C14H14FIN4/c15-9-5-6-10(18-7-9)14-19-12(8-3-1-2-4-8)11(16)13(17)20-14/h5-8H,1-4H2,(H2,17,19,20). The van der Waals surface area contributed by atoms with Gasteiger partial charge in [0.05, 0.1) is 15.5 Å². The van der Waals surface area contributed by atoms with Crippen molar-refractivity contribution in [2.24, 2.45) is 0 Å². The normalized spacial score (nSPS) is 15.7. The Morgan fingerprint density at radius 3 is 2.60 bits per heavy atom. The number of nitrogens with two attached hydrogens (primary N) is 1. The van der Waals surface area contributed by atoms with Gasteiger partial charge in [0.2, 0.25) is 0 Å². The van der Waals surface area contributed by atoms with Crippen LogP contribution in [0, 0.1) is 9.39 Å². The highest BCUT2D eigenvalue weighted by atomic mass is 127. The minimum Gasteiger partial charge on any atom is -0.383 e. The highest BCUT2D eigenvalue weighted by molar-refractivity contribution is 14.1. The smallest absolute Gasteiger partial charge is 0.180 e. The molecule has 1 saturated carbocycles. The van der Waals surface area contributed by atoms with Crippen LogP contribution in [0.15, 0.2) is 18.3 Å². The van der Waals surface area contributed by atoms with Gasteiger partial charge in [0.25, 0.3) is 0 Å². The molecule has 0 spiro atoms. The summed E-state index contributed by atoms with van der Waals surface area (Å²) in [6.07, 6.45) is 5.91. The third kappa shape index (κ3) is 2.61. The van der Waals surface area contributed by atoms with E-state index in [2.05, 4.69) is 37.5 Å². The van der Waals surface area contributed by atoms with Gasteiger partial charge in [-0.1, -0.05) is 12.8 Å². The van der Waals surface area contributed by atoms with Crippen molar-refractivity contribution in [2.45, 2.75) is 31.6 Å². The van der Waals surface area contributed by atoms with E-state index in [1.807, 2.05) is 0 Å². The molecule has 0 aliphatic heterocycles. The number of pyridine rings is 1. The molecule has 0 saturated heterocycles. The Kier molecular flexibility index (Phi) is 3.82. The summed E-state index contributed by atoms with van der Waals surface area (Å²) in [6, 6.07) is 2.94. The summed E-state index contributed by atoms with van der Waals surface area (Å²) in [6.45, 7) is 0. The van der Waals surface area contributed by atoms with Crippen LogP contribution in [-0.4, -0.2) is 15.0 Å². The molecule has 0 amide bonds.